The fourth-order valence-electron chi connectivity index (χ4n) is 1.05. The lowest BCUT2D eigenvalue weighted by molar-refractivity contribution is -0.139. The molecule has 0 unspecified atom stereocenters. The maximum absolute atomic E-state index is 11.3. The van der Waals surface area contributed by atoms with Gasteiger partial charge in [0.05, 0.1) is 18.1 Å². The number of amides is 2. The zero-order valence-electron chi connectivity index (χ0n) is 10.7. The number of hydrogen-bond acceptors (Lipinski definition) is 5. The van der Waals surface area contributed by atoms with E-state index in [1.807, 2.05) is 11.9 Å². The van der Waals surface area contributed by atoms with Crippen molar-refractivity contribution in [2.45, 2.75) is 0 Å². The summed E-state index contributed by atoms with van der Waals surface area (Å²) in [5.74, 6) is -1.42. The van der Waals surface area contributed by atoms with Crippen LogP contribution in [0, 0.1) is 0 Å². The summed E-state index contributed by atoms with van der Waals surface area (Å²) in [6.45, 7) is 2.44. The zero-order valence-corrected chi connectivity index (χ0v) is 11.5. The van der Waals surface area contributed by atoms with Gasteiger partial charge in [0.1, 0.15) is 0 Å². The van der Waals surface area contributed by atoms with Crippen molar-refractivity contribution in [2.24, 2.45) is 5.73 Å². The highest BCUT2D eigenvalue weighted by atomic mass is 32.1. The molecule has 0 aromatic rings. The first-order valence-corrected chi connectivity index (χ1v) is 5.90. The van der Waals surface area contributed by atoms with Gasteiger partial charge in [-0.2, -0.15) is 0 Å². The molecule has 0 spiro atoms. The Morgan fingerprint density at radius 3 is 2.44 bits per heavy atom. The molecule has 0 bridgehead atoms. The van der Waals surface area contributed by atoms with Gasteiger partial charge in [-0.15, -0.1) is 0 Å². The van der Waals surface area contributed by atoms with Crippen molar-refractivity contribution in [3.05, 3.63) is 0 Å². The van der Waals surface area contributed by atoms with E-state index in [2.05, 4.69) is 22.9 Å². The van der Waals surface area contributed by atoms with Crippen LogP contribution in [0.15, 0.2) is 0 Å². The number of hydrogen-bond donors (Lipinski definition) is 3. The Kier molecular flexibility index (Phi) is 9.07. The van der Waals surface area contributed by atoms with E-state index in [9.17, 15) is 9.59 Å². The van der Waals surface area contributed by atoms with Crippen molar-refractivity contribution >= 4 is 29.0 Å². The maximum atomic E-state index is 11.3. The molecule has 18 heavy (non-hydrogen) atoms. The number of likely N-dealkylation sites (N-methyl/N-ethyl adjacent to an activating group) is 1. The summed E-state index contributed by atoms with van der Waals surface area (Å²) in [5.41, 5.74) is 5.19. The van der Waals surface area contributed by atoms with Crippen LogP contribution in [-0.4, -0.2) is 68.6 Å². The zero-order chi connectivity index (χ0) is 14.0. The number of ether oxygens (including phenoxy) is 1. The van der Waals surface area contributed by atoms with E-state index >= 15 is 0 Å². The standard InChI is InChI=1S/C10H20N4O3S/c1-14(5-6-17-2)4-3-12-9(15)10(16)13-7-8(11)18/h3-7H2,1-2H3,(H2,11,18)(H,12,15)(H,13,16). The molecule has 0 radical (unpaired) electrons. The predicted octanol–water partition coefficient (Wildman–Crippen LogP) is -1.92. The van der Waals surface area contributed by atoms with Crippen LogP contribution >= 0.6 is 12.2 Å². The molecule has 0 aliphatic rings. The van der Waals surface area contributed by atoms with Gasteiger partial charge in [0, 0.05) is 26.7 Å². The summed E-state index contributed by atoms with van der Waals surface area (Å²) in [6, 6.07) is 0. The van der Waals surface area contributed by atoms with E-state index in [4.69, 9.17) is 10.5 Å². The number of thiocarbonyl (C=S) groups is 1. The molecule has 0 aliphatic carbocycles. The van der Waals surface area contributed by atoms with Crippen molar-refractivity contribution in [1.82, 2.24) is 15.5 Å². The third kappa shape index (κ3) is 8.85. The molecule has 0 rings (SSSR count). The topological polar surface area (TPSA) is 96.7 Å². The predicted molar refractivity (Wildman–Crippen MR) is 72.2 cm³/mol. The molecule has 8 heteroatoms. The third-order valence-corrected chi connectivity index (χ3v) is 2.23. The monoisotopic (exact) mass is 276 g/mol. The van der Waals surface area contributed by atoms with Crippen molar-refractivity contribution in [3.63, 3.8) is 0 Å². The minimum atomic E-state index is -0.734. The number of nitrogens with two attached hydrogens (primary N) is 1. The summed E-state index contributed by atoms with van der Waals surface area (Å²) in [5, 5.41) is 4.80. The summed E-state index contributed by atoms with van der Waals surface area (Å²) in [6.07, 6.45) is 0. The number of carbonyl (C=O) groups excluding carboxylic acids is 2. The van der Waals surface area contributed by atoms with E-state index in [0.29, 0.717) is 19.7 Å². The van der Waals surface area contributed by atoms with Gasteiger partial charge < -0.3 is 26.0 Å². The molecule has 4 N–H and O–H groups in total. The SMILES string of the molecule is COCCN(C)CCNC(=O)C(=O)NCC(N)=S. The van der Waals surface area contributed by atoms with Gasteiger partial charge in [-0.1, -0.05) is 12.2 Å². The largest absolute Gasteiger partial charge is 0.392 e. The third-order valence-electron chi connectivity index (χ3n) is 2.09. The number of nitrogens with zero attached hydrogens (tertiary/aromatic N) is 1. The average Bonchev–Trinajstić information content (AvgIpc) is 2.33. The van der Waals surface area contributed by atoms with Crippen molar-refractivity contribution in [3.8, 4) is 0 Å². The van der Waals surface area contributed by atoms with Crippen LogP contribution in [0.3, 0.4) is 0 Å². The van der Waals surface area contributed by atoms with Gasteiger partial charge in [-0.25, -0.2) is 0 Å². The Labute approximate surface area is 112 Å². The number of nitrogens with one attached hydrogen (secondary N) is 2. The highest BCUT2D eigenvalue weighted by Crippen LogP contribution is 1.81. The fourth-order valence-corrected chi connectivity index (χ4v) is 1.12. The Hall–Kier alpha value is -1.25. The second-order valence-electron chi connectivity index (χ2n) is 3.70. The number of carbonyl (C=O) groups is 2. The van der Waals surface area contributed by atoms with Crippen LogP contribution in [-0.2, 0) is 14.3 Å². The van der Waals surface area contributed by atoms with Crippen LogP contribution in [0.2, 0.25) is 0 Å². The second kappa shape index (κ2) is 9.75. The molecule has 0 fully saturated rings. The van der Waals surface area contributed by atoms with Gasteiger partial charge in [-0.05, 0) is 7.05 Å². The van der Waals surface area contributed by atoms with Gasteiger partial charge >= 0.3 is 11.8 Å². The molecule has 104 valence electrons. The van der Waals surface area contributed by atoms with E-state index in [1.165, 1.54) is 0 Å². The van der Waals surface area contributed by atoms with Crippen molar-refractivity contribution in [1.29, 1.82) is 0 Å². The average molecular weight is 276 g/mol. The van der Waals surface area contributed by atoms with Gasteiger partial charge in [0.25, 0.3) is 0 Å². The number of rotatable bonds is 8. The van der Waals surface area contributed by atoms with Crippen molar-refractivity contribution < 1.29 is 14.3 Å². The highest BCUT2D eigenvalue weighted by molar-refractivity contribution is 7.80. The highest BCUT2D eigenvalue weighted by Gasteiger charge is 2.12. The Morgan fingerprint density at radius 2 is 1.89 bits per heavy atom. The summed E-state index contributed by atoms with van der Waals surface area (Å²) >= 11 is 4.58. The second-order valence-corrected chi connectivity index (χ2v) is 4.23. The molecule has 0 aromatic carbocycles. The van der Waals surface area contributed by atoms with E-state index < -0.39 is 11.8 Å². The van der Waals surface area contributed by atoms with E-state index in [0.717, 1.165) is 6.54 Å². The van der Waals surface area contributed by atoms with Gasteiger partial charge in [-0.3, -0.25) is 9.59 Å². The van der Waals surface area contributed by atoms with Crippen LogP contribution in [0.1, 0.15) is 0 Å². The minimum Gasteiger partial charge on any atom is -0.392 e. The first-order chi connectivity index (χ1) is 8.47. The Balaban J connectivity index is 3.69. The number of methoxy groups -OCH3 is 1. The quantitative estimate of drug-likeness (QED) is 0.353. The molecule has 0 aromatic heterocycles. The fraction of sp³-hybridized carbons (Fsp3) is 0.700. The summed E-state index contributed by atoms with van der Waals surface area (Å²) in [7, 11) is 3.53. The molecule has 0 aliphatic heterocycles. The maximum Gasteiger partial charge on any atom is 0.309 e. The molecule has 0 saturated carbocycles. The molecular formula is C10H20N4O3S. The summed E-state index contributed by atoms with van der Waals surface area (Å²) < 4.78 is 4.92. The lowest BCUT2D eigenvalue weighted by Crippen LogP contribution is -2.44. The van der Waals surface area contributed by atoms with Crippen LogP contribution in [0.25, 0.3) is 0 Å². The lowest BCUT2D eigenvalue weighted by atomic mass is 10.4. The van der Waals surface area contributed by atoms with Crippen LogP contribution < -0.4 is 16.4 Å². The first kappa shape index (κ1) is 16.8. The van der Waals surface area contributed by atoms with E-state index in [-0.39, 0.29) is 11.5 Å². The van der Waals surface area contributed by atoms with Crippen LogP contribution in [0.4, 0.5) is 0 Å². The smallest absolute Gasteiger partial charge is 0.309 e. The Morgan fingerprint density at radius 1 is 1.28 bits per heavy atom. The Bertz CT molecular complexity index is 299. The lowest BCUT2D eigenvalue weighted by Gasteiger charge is -2.15. The summed E-state index contributed by atoms with van der Waals surface area (Å²) in [4.78, 5) is 24.6. The molecule has 0 heterocycles. The van der Waals surface area contributed by atoms with Crippen molar-refractivity contribution in [2.75, 3.05) is 46.9 Å². The normalized spacial score (nSPS) is 10.2. The molecule has 0 atom stereocenters. The molecule has 2 amide bonds. The van der Waals surface area contributed by atoms with Gasteiger partial charge in [0.15, 0.2) is 0 Å². The van der Waals surface area contributed by atoms with Crippen LogP contribution in [0.5, 0.6) is 0 Å². The van der Waals surface area contributed by atoms with Gasteiger partial charge in [0.2, 0.25) is 0 Å². The molecule has 0 saturated heterocycles. The molecular weight excluding hydrogens is 256 g/mol. The molecule has 7 nitrogen and oxygen atoms in total. The minimum absolute atomic E-state index is 0.0231. The first-order valence-electron chi connectivity index (χ1n) is 5.49. The van der Waals surface area contributed by atoms with E-state index in [1.54, 1.807) is 7.11 Å².